The zero-order chi connectivity index (χ0) is 30.3. The second-order valence-electron chi connectivity index (χ2n) is 10.7. The first-order valence-electron chi connectivity index (χ1n) is 14.2. The van der Waals surface area contributed by atoms with Crippen LogP contribution in [0.5, 0.6) is 5.75 Å². The molecule has 1 unspecified atom stereocenters. The summed E-state index contributed by atoms with van der Waals surface area (Å²) in [6, 6.07) is 17.8. The maximum atomic E-state index is 15.1. The van der Waals surface area contributed by atoms with E-state index in [1.807, 2.05) is 6.92 Å². The van der Waals surface area contributed by atoms with Crippen molar-refractivity contribution in [1.82, 2.24) is 10.2 Å². The highest BCUT2D eigenvalue weighted by atomic mass is 32.2. The topological polar surface area (TPSA) is 96.0 Å². The number of carbonyl (C=O) groups excluding carboxylic acids is 2. The number of rotatable bonds is 11. The lowest BCUT2D eigenvalue weighted by Crippen LogP contribution is -2.53. The highest BCUT2D eigenvalue weighted by Crippen LogP contribution is 2.27. The van der Waals surface area contributed by atoms with Gasteiger partial charge in [-0.15, -0.1) is 0 Å². The third kappa shape index (κ3) is 7.47. The van der Waals surface area contributed by atoms with E-state index in [0.717, 1.165) is 48.0 Å². The third-order valence-corrected chi connectivity index (χ3v) is 9.39. The van der Waals surface area contributed by atoms with Gasteiger partial charge in [0, 0.05) is 12.6 Å². The first-order chi connectivity index (χ1) is 20.1. The first-order valence-corrected chi connectivity index (χ1v) is 15.6. The van der Waals surface area contributed by atoms with Gasteiger partial charge in [0.1, 0.15) is 24.2 Å². The summed E-state index contributed by atoms with van der Waals surface area (Å²) in [6.45, 7) is 2.76. The number of nitrogens with one attached hydrogen (secondary N) is 1. The Morgan fingerprint density at radius 2 is 1.69 bits per heavy atom. The monoisotopic (exact) mass is 595 g/mol. The molecule has 0 aliphatic heterocycles. The molecule has 224 valence electrons. The lowest BCUT2D eigenvalue weighted by Gasteiger charge is -2.33. The van der Waals surface area contributed by atoms with Crippen LogP contribution in [0.4, 0.5) is 10.1 Å². The smallest absolute Gasteiger partial charge is 0.264 e. The third-order valence-electron chi connectivity index (χ3n) is 7.61. The lowest BCUT2D eigenvalue weighted by molar-refractivity contribution is -0.139. The molecule has 2 amide bonds. The van der Waals surface area contributed by atoms with Crippen LogP contribution < -0.4 is 14.4 Å². The molecule has 1 fully saturated rings. The zero-order valence-corrected chi connectivity index (χ0v) is 25.1. The number of methoxy groups -OCH3 is 1. The van der Waals surface area contributed by atoms with Crippen molar-refractivity contribution < 1.29 is 27.1 Å². The second-order valence-corrected chi connectivity index (χ2v) is 12.5. The molecule has 1 aliphatic rings. The number of aryl methyl sites for hydroxylation is 1. The summed E-state index contributed by atoms with van der Waals surface area (Å²) in [5.41, 5.74) is 1.29. The van der Waals surface area contributed by atoms with Crippen LogP contribution in [0.15, 0.2) is 77.7 Å². The number of halogens is 1. The molecule has 0 heterocycles. The number of hydrogen-bond donors (Lipinski definition) is 1. The molecule has 1 N–H and O–H groups in total. The van der Waals surface area contributed by atoms with Crippen molar-refractivity contribution in [3.05, 3.63) is 89.7 Å². The fourth-order valence-electron chi connectivity index (χ4n) is 5.12. The molecular formula is C32H38FN3O5S. The number of para-hydroxylation sites is 1. The summed E-state index contributed by atoms with van der Waals surface area (Å²) in [5.74, 6) is -1.18. The number of anilines is 1. The van der Waals surface area contributed by atoms with E-state index < -0.39 is 34.3 Å². The molecule has 1 saturated carbocycles. The van der Waals surface area contributed by atoms with Gasteiger partial charge in [-0.05, 0) is 68.7 Å². The minimum atomic E-state index is -4.35. The largest absolute Gasteiger partial charge is 0.497 e. The van der Waals surface area contributed by atoms with Gasteiger partial charge in [0.05, 0.1) is 17.7 Å². The van der Waals surface area contributed by atoms with Gasteiger partial charge >= 0.3 is 0 Å². The van der Waals surface area contributed by atoms with Crippen LogP contribution in [-0.4, -0.2) is 50.9 Å². The maximum Gasteiger partial charge on any atom is 0.264 e. The van der Waals surface area contributed by atoms with Crippen LogP contribution in [0.3, 0.4) is 0 Å². The van der Waals surface area contributed by atoms with Crippen LogP contribution in [0.1, 0.15) is 50.2 Å². The van der Waals surface area contributed by atoms with E-state index in [2.05, 4.69) is 5.32 Å². The molecule has 42 heavy (non-hydrogen) atoms. The summed E-state index contributed by atoms with van der Waals surface area (Å²) >= 11 is 0. The molecule has 0 spiro atoms. The van der Waals surface area contributed by atoms with Crippen molar-refractivity contribution in [3.63, 3.8) is 0 Å². The molecule has 4 rings (SSSR count). The zero-order valence-electron chi connectivity index (χ0n) is 24.3. The van der Waals surface area contributed by atoms with Crippen LogP contribution in [0.2, 0.25) is 0 Å². The number of hydrogen-bond acceptors (Lipinski definition) is 5. The van der Waals surface area contributed by atoms with Gasteiger partial charge in [0.25, 0.3) is 10.0 Å². The van der Waals surface area contributed by atoms with E-state index in [1.165, 1.54) is 42.3 Å². The van der Waals surface area contributed by atoms with Crippen molar-refractivity contribution >= 4 is 27.5 Å². The van der Waals surface area contributed by atoms with Gasteiger partial charge in [-0.3, -0.25) is 13.9 Å². The number of amides is 2. The predicted octanol–water partition coefficient (Wildman–Crippen LogP) is 5.20. The minimum Gasteiger partial charge on any atom is -0.497 e. The SMILES string of the molecule is COc1cccc(CN(C(=O)CN(c2ccccc2F)S(=O)(=O)c2ccc(C)cc2)C(C)C(=O)NC2CCCCC2)c1. The number of benzene rings is 3. The van der Waals surface area contributed by atoms with Gasteiger partial charge in [-0.25, -0.2) is 12.8 Å². The molecule has 0 bridgehead atoms. The highest BCUT2D eigenvalue weighted by molar-refractivity contribution is 7.92. The molecule has 0 saturated heterocycles. The molecule has 0 aromatic heterocycles. The van der Waals surface area contributed by atoms with Crippen LogP contribution in [0.25, 0.3) is 0 Å². The quantitative estimate of drug-likeness (QED) is 0.329. The molecule has 3 aromatic rings. The Bertz CT molecular complexity index is 1490. The summed E-state index contributed by atoms with van der Waals surface area (Å²) < 4.78 is 48.9. The fourth-order valence-corrected chi connectivity index (χ4v) is 6.55. The average molecular weight is 596 g/mol. The van der Waals surface area contributed by atoms with Gasteiger partial charge < -0.3 is 15.0 Å². The Labute approximate surface area is 247 Å². The number of ether oxygens (including phenoxy) is 1. The number of carbonyl (C=O) groups is 2. The molecule has 0 radical (unpaired) electrons. The maximum absolute atomic E-state index is 15.1. The Morgan fingerprint density at radius 1 is 1.00 bits per heavy atom. The van der Waals surface area contributed by atoms with Crippen LogP contribution >= 0.6 is 0 Å². The van der Waals surface area contributed by atoms with Crippen molar-refractivity contribution in [3.8, 4) is 5.75 Å². The second kappa shape index (κ2) is 13.8. The van der Waals surface area contributed by atoms with Crippen molar-refractivity contribution in [2.24, 2.45) is 0 Å². The van der Waals surface area contributed by atoms with E-state index in [9.17, 15) is 18.0 Å². The van der Waals surface area contributed by atoms with E-state index in [0.29, 0.717) is 11.3 Å². The van der Waals surface area contributed by atoms with Gasteiger partial charge in [-0.1, -0.05) is 61.2 Å². The lowest BCUT2D eigenvalue weighted by atomic mass is 9.95. The van der Waals surface area contributed by atoms with E-state index in [-0.39, 0.29) is 29.1 Å². The Hall–Kier alpha value is -3.92. The van der Waals surface area contributed by atoms with E-state index >= 15 is 4.39 Å². The Kier molecular flexibility index (Phi) is 10.2. The van der Waals surface area contributed by atoms with Crippen LogP contribution in [-0.2, 0) is 26.2 Å². The van der Waals surface area contributed by atoms with Crippen molar-refractivity contribution in [1.29, 1.82) is 0 Å². The first kappa shape index (κ1) is 31.0. The van der Waals surface area contributed by atoms with Gasteiger partial charge in [0.2, 0.25) is 11.8 Å². The molecule has 1 atom stereocenters. The van der Waals surface area contributed by atoms with Gasteiger partial charge in [-0.2, -0.15) is 0 Å². The fraction of sp³-hybridized carbons (Fsp3) is 0.375. The number of nitrogens with zero attached hydrogens (tertiary/aromatic N) is 2. The number of sulfonamides is 1. The van der Waals surface area contributed by atoms with E-state index in [1.54, 1.807) is 43.3 Å². The molecule has 1 aliphatic carbocycles. The highest BCUT2D eigenvalue weighted by Gasteiger charge is 2.34. The molecule has 8 nitrogen and oxygen atoms in total. The predicted molar refractivity (Wildman–Crippen MR) is 160 cm³/mol. The summed E-state index contributed by atoms with van der Waals surface area (Å²) in [7, 11) is -2.82. The normalized spacial score (nSPS) is 14.6. The standard InChI is InChI=1S/C32H38FN3O5S/c1-23-16-18-28(19-17-23)42(39,40)36(30-15-8-7-14-29(30)33)22-31(37)35(21-25-10-9-13-27(20-25)41-3)24(2)32(38)34-26-11-5-4-6-12-26/h7-10,13-20,24,26H,4-6,11-12,21-22H2,1-3H3,(H,34,38). The van der Waals surface area contributed by atoms with Crippen molar-refractivity contribution in [2.75, 3.05) is 18.0 Å². The van der Waals surface area contributed by atoms with Gasteiger partial charge in [0.15, 0.2) is 0 Å². The molecular weight excluding hydrogens is 557 g/mol. The summed E-state index contributed by atoms with van der Waals surface area (Å²) in [4.78, 5) is 28.7. The van der Waals surface area contributed by atoms with E-state index in [4.69, 9.17) is 4.74 Å². The summed E-state index contributed by atoms with van der Waals surface area (Å²) in [5, 5.41) is 3.07. The minimum absolute atomic E-state index is 0.0188. The summed E-state index contributed by atoms with van der Waals surface area (Å²) in [6.07, 6.45) is 4.93. The van der Waals surface area contributed by atoms with Crippen molar-refractivity contribution in [2.45, 2.75) is 69.5 Å². The average Bonchev–Trinajstić information content (AvgIpc) is 2.99. The molecule has 10 heteroatoms. The van der Waals surface area contributed by atoms with Crippen LogP contribution in [0, 0.1) is 12.7 Å². The Balaban J connectivity index is 1.69. The molecule has 3 aromatic carbocycles. The Morgan fingerprint density at radius 3 is 2.36 bits per heavy atom.